The van der Waals surface area contributed by atoms with Crippen molar-refractivity contribution in [1.29, 1.82) is 0 Å². The molecule has 2 amide bonds. The van der Waals surface area contributed by atoms with Gasteiger partial charge in [0.15, 0.2) is 12.3 Å². The first kappa shape index (κ1) is 19.1. The number of fused-ring (bicyclic) bond motifs is 1. The number of hydrogen-bond donors (Lipinski definition) is 1. The van der Waals surface area contributed by atoms with E-state index in [1.54, 1.807) is 31.2 Å². The highest BCUT2D eigenvalue weighted by Crippen LogP contribution is 2.31. The van der Waals surface area contributed by atoms with E-state index in [4.69, 9.17) is 27.9 Å². The van der Waals surface area contributed by atoms with Crippen molar-refractivity contribution in [3.63, 3.8) is 0 Å². The lowest BCUT2D eigenvalue weighted by molar-refractivity contribution is -0.122. The van der Waals surface area contributed by atoms with Gasteiger partial charge < -0.3 is 15.0 Å². The molecule has 9 heteroatoms. The number of ether oxygens (including phenoxy) is 1. The van der Waals surface area contributed by atoms with E-state index in [1.165, 1.54) is 17.0 Å². The number of aromatic nitrogens is 1. The summed E-state index contributed by atoms with van der Waals surface area (Å²) in [6, 6.07) is 9.37. The average Bonchev–Trinajstić information content (AvgIpc) is 2.75. The van der Waals surface area contributed by atoms with E-state index >= 15 is 0 Å². The number of halogens is 2. The summed E-state index contributed by atoms with van der Waals surface area (Å²) < 4.78 is 5.07. The van der Waals surface area contributed by atoms with Gasteiger partial charge in [0.1, 0.15) is 5.15 Å². The second-order valence-electron chi connectivity index (χ2n) is 5.92. The van der Waals surface area contributed by atoms with Crippen LogP contribution >= 0.6 is 23.2 Å². The molecule has 0 saturated carbocycles. The van der Waals surface area contributed by atoms with E-state index in [1.807, 2.05) is 0 Å². The van der Waals surface area contributed by atoms with Crippen LogP contribution in [0.15, 0.2) is 36.4 Å². The van der Waals surface area contributed by atoms with Crippen LogP contribution in [-0.2, 0) is 14.3 Å². The summed E-state index contributed by atoms with van der Waals surface area (Å²) in [5.41, 5.74) is 0.889. The number of carbonyl (C=O) groups is 3. The van der Waals surface area contributed by atoms with Gasteiger partial charge in [-0.15, -0.1) is 0 Å². The predicted molar refractivity (Wildman–Crippen MR) is 101 cm³/mol. The summed E-state index contributed by atoms with van der Waals surface area (Å²) in [7, 11) is 0. The van der Waals surface area contributed by atoms with Crippen LogP contribution in [-0.4, -0.2) is 35.4 Å². The molecule has 0 saturated heterocycles. The molecule has 1 atom stereocenters. The summed E-state index contributed by atoms with van der Waals surface area (Å²) in [6.45, 7) is 1.22. The van der Waals surface area contributed by atoms with Gasteiger partial charge in [0, 0.05) is 12.5 Å². The third-order valence-electron chi connectivity index (χ3n) is 3.96. The highest BCUT2D eigenvalue weighted by molar-refractivity contribution is 6.34. The van der Waals surface area contributed by atoms with Crippen LogP contribution < -0.4 is 10.2 Å². The quantitative estimate of drug-likeness (QED) is 0.622. The Morgan fingerprint density at radius 3 is 2.78 bits per heavy atom. The molecule has 2 aromatic rings. The zero-order chi connectivity index (χ0) is 19.6. The monoisotopic (exact) mass is 407 g/mol. The lowest BCUT2D eigenvalue weighted by Gasteiger charge is -2.27. The Kier molecular flexibility index (Phi) is 5.62. The standard InChI is InChI=1S/C18H15Cl2N3O4/c1-10-8-15(24)21-12-4-2-3-5-13(12)23(10)16(25)9-27-18(26)17-11(19)6-7-14(20)22-17/h2-7,10H,8-9H2,1H3,(H,21,24)/t10-/m0/s1. The van der Waals surface area contributed by atoms with E-state index in [0.717, 1.165) is 0 Å². The molecule has 1 aliphatic rings. The van der Waals surface area contributed by atoms with Crippen molar-refractivity contribution in [2.24, 2.45) is 0 Å². The molecule has 27 heavy (non-hydrogen) atoms. The number of nitrogens with one attached hydrogen (secondary N) is 1. The van der Waals surface area contributed by atoms with Gasteiger partial charge >= 0.3 is 5.97 Å². The highest BCUT2D eigenvalue weighted by atomic mass is 35.5. The number of carbonyl (C=O) groups excluding carboxylic acids is 3. The van der Waals surface area contributed by atoms with Gasteiger partial charge in [0.05, 0.1) is 16.4 Å². The second-order valence-corrected chi connectivity index (χ2v) is 6.72. The zero-order valence-electron chi connectivity index (χ0n) is 14.2. The third-order valence-corrected chi connectivity index (χ3v) is 4.48. The second kappa shape index (κ2) is 7.94. The highest BCUT2D eigenvalue weighted by Gasteiger charge is 2.30. The molecule has 3 rings (SSSR count). The van der Waals surface area contributed by atoms with Crippen LogP contribution in [0.25, 0.3) is 0 Å². The van der Waals surface area contributed by atoms with Gasteiger partial charge in [-0.05, 0) is 31.2 Å². The predicted octanol–water partition coefficient (Wildman–Crippen LogP) is 3.31. The van der Waals surface area contributed by atoms with Crippen LogP contribution in [0.3, 0.4) is 0 Å². The van der Waals surface area contributed by atoms with Gasteiger partial charge in [0.2, 0.25) is 5.91 Å². The molecule has 1 N–H and O–H groups in total. The first-order valence-corrected chi connectivity index (χ1v) is 8.82. The third kappa shape index (κ3) is 4.20. The molecule has 0 aliphatic carbocycles. The molecule has 0 unspecified atom stereocenters. The van der Waals surface area contributed by atoms with Crippen LogP contribution in [0.4, 0.5) is 11.4 Å². The van der Waals surface area contributed by atoms with E-state index in [2.05, 4.69) is 10.3 Å². The molecule has 140 valence electrons. The maximum absolute atomic E-state index is 12.7. The Balaban J connectivity index is 1.78. The normalized spacial score (nSPS) is 16.2. The minimum Gasteiger partial charge on any atom is -0.451 e. The lowest BCUT2D eigenvalue weighted by Crippen LogP contribution is -2.41. The topological polar surface area (TPSA) is 88.6 Å². The number of rotatable bonds is 3. The van der Waals surface area contributed by atoms with Crippen molar-refractivity contribution in [1.82, 2.24) is 4.98 Å². The number of pyridine rings is 1. The minimum atomic E-state index is -0.860. The molecular weight excluding hydrogens is 393 g/mol. The molecule has 1 aliphatic heterocycles. The Bertz CT molecular complexity index is 919. The molecule has 1 aromatic carbocycles. The largest absolute Gasteiger partial charge is 0.451 e. The van der Waals surface area contributed by atoms with Crippen LogP contribution in [0.2, 0.25) is 10.2 Å². The molecule has 0 fully saturated rings. The molecule has 1 aromatic heterocycles. The van der Waals surface area contributed by atoms with E-state index < -0.39 is 24.5 Å². The summed E-state index contributed by atoms with van der Waals surface area (Å²) >= 11 is 11.7. The van der Waals surface area contributed by atoms with E-state index in [0.29, 0.717) is 11.4 Å². The first-order chi connectivity index (χ1) is 12.9. The summed E-state index contributed by atoms with van der Waals surface area (Å²) in [5.74, 6) is -1.53. The van der Waals surface area contributed by atoms with Gasteiger partial charge in [-0.3, -0.25) is 9.59 Å². The van der Waals surface area contributed by atoms with Gasteiger partial charge in [-0.2, -0.15) is 0 Å². The van der Waals surface area contributed by atoms with Crippen LogP contribution in [0.1, 0.15) is 23.8 Å². The van der Waals surface area contributed by atoms with Crippen LogP contribution in [0, 0.1) is 0 Å². The number of hydrogen-bond acceptors (Lipinski definition) is 5. The minimum absolute atomic E-state index is 0.0696. The van der Waals surface area contributed by atoms with Crippen molar-refractivity contribution < 1.29 is 19.1 Å². The average molecular weight is 408 g/mol. The van der Waals surface area contributed by atoms with E-state index in [9.17, 15) is 14.4 Å². The van der Waals surface area contributed by atoms with Crippen molar-refractivity contribution in [3.05, 3.63) is 52.3 Å². The van der Waals surface area contributed by atoms with Crippen molar-refractivity contribution in [2.45, 2.75) is 19.4 Å². The van der Waals surface area contributed by atoms with Crippen molar-refractivity contribution >= 4 is 52.4 Å². The first-order valence-electron chi connectivity index (χ1n) is 8.07. The zero-order valence-corrected chi connectivity index (χ0v) is 15.8. The summed E-state index contributed by atoms with van der Waals surface area (Å²) in [4.78, 5) is 42.2. The molecule has 0 radical (unpaired) electrons. The number of benzene rings is 1. The number of anilines is 2. The molecule has 0 spiro atoms. The van der Waals surface area contributed by atoms with Gasteiger partial charge in [-0.1, -0.05) is 35.3 Å². The fraction of sp³-hybridized carbons (Fsp3) is 0.222. The SMILES string of the molecule is C[C@H]1CC(=O)Nc2ccccc2N1C(=O)COC(=O)c1nc(Cl)ccc1Cl. The number of esters is 1. The Morgan fingerprint density at radius 2 is 2.00 bits per heavy atom. The number of amides is 2. The fourth-order valence-electron chi connectivity index (χ4n) is 2.79. The Hall–Kier alpha value is -2.64. The molecule has 0 bridgehead atoms. The fourth-order valence-corrected chi connectivity index (χ4v) is 3.12. The maximum atomic E-state index is 12.7. The van der Waals surface area contributed by atoms with Crippen molar-refractivity contribution in [3.8, 4) is 0 Å². The Morgan fingerprint density at radius 1 is 1.26 bits per heavy atom. The summed E-state index contributed by atoms with van der Waals surface area (Å²) in [5, 5.41) is 2.91. The summed E-state index contributed by atoms with van der Waals surface area (Å²) in [6.07, 6.45) is 0.121. The number of para-hydroxylation sites is 2. The lowest BCUT2D eigenvalue weighted by atomic mass is 10.1. The van der Waals surface area contributed by atoms with Crippen LogP contribution in [0.5, 0.6) is 0 Å². The number of nitrogens with zero attached hydrogens (tertiary/aromatic N) is 2. The molecule has 7 nitrogen and oxygen atoms in total. The van der Waals surface area contributed by atoms with E-state index in [-0.39, 0.29) is 28.2 Å². The van der Waals surface area contributed by atoms with Gasteiger partial charge in [0.25, 0.3) is 5.91 Å². The maximum Gasteiger partial charge on any atom is 0.359 e. The van der Waals surface area contributed by atoms with Gasteiger partial charge in [-0.25, -0.2) is 9.78 Å². The molecule has 2 heterocycles. The smallest absolute Gasteiger partial charge is 0.359 e. The molecular formula is C18H15Cl2N3O4. The van der Waals surface area contributed by atoms with Crippen molar-refractivity contribution in [2.75, 3.05) is 16.8 Å². The Labute approximate surface area is 165 Å².